The number of rotatable bonds is 6. The van der Waals surface area contributed by atoms with Crippen molar-refractivity contribution in [3.8, 4) is 0 Å². The fourth-order valence-electron chi connectivity index (χ4n) is 2.75. The maximum atomic E-state index is 12.4. The van der Waals surface area contributed by atoms with Gasteiger partial charge in [0.25, 0.3) is 0 Å². The minimum absolute atomic E-state index is 0.0707. The van der Waals surface area contributed by atoms with Gasteiger partial charge in [0.15, 0.2) is 0 Å². The van der Waals surface area contributed by atoms with Crippen LogP contribution in [-0.2, 0) is 9.53 Å². The van der Waals surface area contributed by atoms with E-state index in [2.05, 4.69) is 31.4 Å². The van der Waals surface area contributed by atoms with E-state index in [0.717, 1.165) is 32.4 Å². The maximum absolute atomic E-state index is 12.4. The fourth-order valence-corrected chi connectivity index (χ4v) is 2.75. The Labute approximate surface area is 111 Å². The SMILES string of the molecule is CCOC(=O)C1(NC(C)CC)CCNCC1CC. The van der Waals surface area contributed by atoms with Crippen LogP contribution in [0.5, 0.6) is 0 Å². The van der Waals surface area contributed by atoms with E-state index in [1.54, 1.807) is 0 Å². The van der Waals surface area contributed by atoms with E-state index >= 15 is 0 Å². The predicted octanol–water partition coefficient (Wildman–Crippen LogP) is 1.70. The monoisotopic (exact) mass is 256 g/mol. The van der Waals surface area contributed by atoms with Gasteiger partial charge < -0.3 is 10.1 Å². The summed E-state index contributed by atoms with van der Waals surface area (Å²) in [4.78, 5) is 12.4. The smallest absolute Gasteiger partial charge is 0.326 e. The van der Waals surface area contributed by atoms with Crippen LogP contribution in [0.25, 0.3) is 0 Å². The number of hydrogen-bond acceptors (Lipinski definition) is 4. The summed E-state index contributed by atoms with van der Waals surface area (Å²) in [7, 11) is 0. The molecule has 3 atom stereocenters. The highest BCUT2D eigenvalue weighted by Crippen LogP contribution is 2.29. The quantitative estimate of drug-likeness (QED) is 0.710. The van der Waals surface area contributed by atoms with Crippen molar-refractivity contribution in [2.45, 2.75) is 58.5 Å². The summed E-state index contributed by atoms with van der Waals surface area (Å²) in [5.74, 6) is 0.234. The summed E-state index contributed by atoms with van der Waals surface area (Å²) >= 11 is 0. The van der Waals surface area contributed by atoms with Gasteiger partial charge in [0.2, 0.25) is 0 Å². The summed E-state index contributed by atoms with van der Waals surface area (Å²) in [5, 5.41) is 6.93. The van der Waals surface area contributed by atoms with Crippen LogP contribution in [0.2, 0.25) is 0 Å². The topological polar surface area (TPSA) is 50.4 Å². The van der Waals surface area contributed by atoms with Gasteiger partial charge in [-0.2, -0.15) is 0 Å². The molecule has 1 rings (SSSR count). The van der Waals surface area contributed by atoms with Crippen LogP contribution in [0.3, 0.4) is 0 Å². The Morgan fingerprint density at radius 1 is 1.50 bits per heavy atom. The van der Waals surface area contributed by atoms with Gasteiger partial charge in [-0.05, 0) is 39.7 Å². The Balaban J connectivity index is 2.93. The second-order valence-corrected chi connectivity index (χ2v) is 5.20. The molecule has 2 N–H and O–H groups in total. The highest BCUT2D eigenvalue weighted by molar-refractivity contribution is 5.81. The number of hydrogen-bond donors (Lipinski definition) is 2. The van der Waals surface area contributed by atoms with Crippen molar-refractivity contribution in [1.82, 2.24) is 10.6 Å². The number of esters is 1. The van der Waals surface area contributed by atoms with Crippen molar-refractivity contribution in [1.29, 1.82) is 0 Å². The molecule has 1 saturated heterocycles. The Hall–Kier alpha value is -0.610. The zero-order valence-corrected chi connectivity index (χ0v) is 12.2. The second-order valence-electron chi connectivity index (χ2n) is 5.20. The first-order valence-corrected chi connectivity index (χ1v) is 7.26. The molecule has 0 saturated carbocycles. The van der Waals surface area contributed by atoms with Crippen LogP contribution in [0.4, 0.5) is 0 Å². The van der Waals surface area contributed by atoms with E-state index in [-0.39, 0.29) is 5.97 Å². The molecule has 1 aliphatic rings. The first kappa shape index (κ1) is 15.4. The Morgan fingerprint density at radius 3 is 2.78 bits per heavy atom. The molecule has 1 aliphatic heterocycles. The van der Waals surface area contributed by atoms with Gasteiger partial charge in [-0.25, -0.2) is 0 Å². The minimum Gasteiger partial charge on any atom is -0.465 e. The predicted molar refractivity (Wildman–Crippen MR) is 73.5 cm³/mol. The Kier molecular flexibility index (Phi) is 6.09. The van der Waals surface area contributed by atoms with Crippen molar-refractivity contribution < 1.29 is 9.53 Å². The van der Waals surface area contributed by atoms with Gasteiger partial charge in [-0.1, -0.05) is 13.8 Å². The van der Waals surface area contributed by atoms with Crippen LogP contribution >= 0.6 is 0 Å². The molecular weight excluding hydrogens is 228 g/mol. The van der Waals surface area contributed by atoms with Gasteiger partial charge in [-0.15, -0.1) is 0 Å². The highest BCUT2D eigenvalue weighted by Gasteiger charge is 2.47. The molecule has 3 unspecified atom stereocenters. The third kappa shape index (κ3) is 3.23. The summed E-state index contributed by atoms with van der Waals surface area (Å²) < 4.78 is 5.33. The van der Waals surface area contributed by atoms with E-state index in [0.29, 0.717) is 18.6 Å². The van der Waals surface area contributed by atoms with Gasteiger partial charge in [0.1, 0.15) is 5.54 Å². The van der Waals surface area contributed by atoms with Gasteiger partial charge in [0.05, 0.1) is 6.61 Å². The molecule has 0 aromatic carbocycles. The van der Waals surface area contributed by atoms with Crippen molar-refractivity contribution in [3.63, 3.8) is 0 Å². The molecule has 18 heavy (non-hydrogen) atoms. The molecule has 0 amide bonds. The van der Waals surface area contributed by atoms with Crippen molar-refractivity contribution >= 4 is 5.97 Å². The van der Waals surface area contributed by atoms with Gasteiger partial charge in [0, 0.05) is 18.5 Å². The van der Waals surface area contributed by atoms with Crippen LogP contribution in [0.15, 0.2) is 0 Å². The second kappa shape index (κ2) is 7.10. The Bertz CT molecular complexity index is 271. The number of ether oxygens (including phenoxy) is 1. The van der Waals surface area contributed by atoms with Crippen LogP contribution in [0.1, 0.15) is 47.0 Å². The van der Waals surface area contributed by atoms with Crippen molar-refractivity contribution in [2.75, 3.05) is 19.7 Å². The number of carbonyl (C=O) groups excluding carboxylic acids is 1. The third-order valence-electron chi connectivity index (χ3n) is 4.03. The standard InChI is InChI=1S/C14H28N2O2/c1-5-11(4)16-14(13(17)18-7-3)8-9-15-10-12(14)6-2/h11-12,15-16H,5-10H2,1-4H3. The van der Waals surface area contributed by atoms with E-state index in [4.69, 9.17) is 4.74 Å². The van der Waals surface area contributed by atoms with E-state index < -0.39 is 5.54 Å². The number of piperidine rings is 1. The fraction of sp³-hybridized carbons (Fsp3) is 0.929. The average Bonchev–Trinajstić information content (AvgIpc) is 2.39. The molecule has 4 nitrogen and oxygen atoms in total. The van der Waals surface area contributed by atoms with E-state index in [1.165, 1.54) is 0 Å². The average molecular weight is 256 g/mol. The van der Waals surface area contributed by atoms with Gasteiger partial charge in [-0.3, -0.25) is 10.1 Å². The molecule has 4 heteroatoms. The minimum atomic E-state index is -0.495. The summed E-state index contributed by atoms with van der Waals surface area (Å²) in [5.41, 5.74) is -0.495. The Morgan fingerprint density at radius 2 is 2.22 bits per heavy atom. The lowest BCUT2D eigenvalue weighted by molar-refractivity contribution is -0.156. The first-order chi connectivity index (χ1) is 8.60. The summed E-state index contributed by atoms with van der Waals surface area (Å²) in [6.07, 6.45) is 2.81. The molecule has 1 fully saturated rings. The molecule has 0 aromatic rings. The highest BCUT2D eigenvalue weighted by atomic mass is 16.5. The van der Waals surface area contributed by atoms with Crippen molar-refractivity contribution in [2.24, 2.45) is 5.92 Å². The molecule has 1 heterocycles. The normalized spacial score (nSPS) is 29.9. The number of carbonyl (C=O) groups is 1. The maximum Gasteiger partial charge on any atom is 0.326 e. The van der Waals surface area contributed by atoms with Crippen LogP contribution in [0, 0.1) is 5.92 Å². The zero-order chi connectivity index (χ0) is 13.6. The van der Waals surface area contributed by atoms with Crippen molar-refractivity contribution in [3.05, 3.63) is 0 Å². The third-order valence-corrected chi connectivity index (χ3v) is 4.03. The molecule has 106 valence electrons. The lowest BCUT2D eigenvalue weighted by Crippen LogP contribution is -2.65. The van der Waals surface area contributed by atoms with E-state index in [1.807, 2.05) is 6.92 Å². The first-order valence-electron chi connectivity index (χ1n) is 7.26. The lowest BCUT2D eigenvalue weighted by atomic mass is 9.76. The van der Waals surface area contributed by atoms with Crippen LogP contribution in [-0.4, -0.2) is 37.2 Å². The zero-order valence-electron chi connectivity index (χ0n) is 12.2. The number of nitrogens with one attached hydrogen (secondary N) is 2. The van der Waals surface area contributed by atoms with Crippen LogP contribution < -0.4 is 10.6 Å². The van der Waals surface area contributed by atoms with E-state index in [9.17, 15) is 4.79 Å². The molecule has 0 radical (unpaired) electrons. The summed E-state index contributed by atoms with van der Waals surface area (Å²) in [6, 6.07) is 0.335. The molecule has 0 aromatic heterocycles. The summed E-state index contributed by atoms with van der Waals surface area (Å²) in [6.45, 7) is 10.5. The van der Waals surface area contributed by atoms with Gasteiger partial charge >= 0.3 is 5.97 Å². The molecule has 0 spiro atoms. The molecular formula is C14H28N2O2. The largest absolute Gasteiger partial charge is 0.465 e. The molecule has 0 bridgehead atoms. The molecule has 0 aliphatic carbocycles. The lowest BCUT2D eigenvalue weighted by Gasteiger charge is -2.44.